The van der Waals surface area contributed by atoms with Crippen molar-refractivity contribution in [3.8, 4) is 0 Å². The van der Waals surface area contributed by atoms with Gasteiger partial charge in [-0.25, -0.2) is 4.79 Å². The number of para-hydroxylation sites is 1. The second kappa shape index (κ2) is 6.61. The fraction of sp³-hybridized carbons (Fsp3) is 0.158. The summed E-state index contributed by atoms with van der Waals surface area (Å²) in [6.45, 7) is 3.35. The van der Waals surface area contributed by atoms with Crippen LogP contribution in [-0.4, -0.2) is 17.9 Å². The van der Waals surface area contributed by atoms with E-state index in [0.717, 1.165) is 9.86 Å². The molecule has 0 saturated carbocycles. The number of fused-ring (bicyclic) bond motifs is 1. The topological polar surface area (TPSA) is 56.5 Å². The monoisotopic (exact) mass is 386 g/mol. The lowest BCUT2D eigenvalue weighted by molar-refractivity contribution is 0.0290. The van der Waals surface area contributed by atoms with Gasteiger partial charge in [-0.3, -0.25) is 4.79 Å². The standard InChI is InChI=1S/C19H15BrO4/c1-11-15-5-3-4-6-16(15)24-18(11)19(22)23-12(2)17(21)13-7-9-14(20)10-8-13/h3-10,12H,1-2H3/t12-/m1/s1. The van der Waals surface area contributed by atoms with E-state index in [-0.39, 0.29) is 11.5 Å². The molecule has 0 N–H and O–H groups in total. The number of aryl methyl sites for hydroxylation is 1. The summed E-state index contributed by atoms with van der Waals surface area (Å²) >= 11 is 3.32. The van der Waals surface area contributed by atoms with Crippen molar-refractivity contribution in [1.29, 1.82) is 0 Å². The number of halogens is 1. The number of hydrogen-bond acceptors (Lipinski definition) is 4. The Morgan fingerprint density at radius 2 is 1.75 bits per heavy atom. The summed E-state index contributed by atoms with van der Waals surface area (Å²) in [7, 11) is 0. The van der Waals surface area contributed by atoms with E-state index in [1.54, 1.807) is 44.2 Å². The Bertz CT molecular complexity index is 909. The second-order valence-electron chi connectivity index (χ2n) is 5.47. The van der Waals surface area contributed by atoms with Crippen LogP contribution in [0.3, 0.4) is 0 Å². The van der Waals surface area contributed by atoms with Gasteiger partial charge in [0.2, 0.25) is 11.5 Å². The third-order valence-corrected chi connectivity index (χ3v) is 4.34. The van der Waals surface area contributed by atoms with Crippen LogP contribution in [-0.2, 0) is 4.74 Å². The van der Waals surface area contributed by atoms with Crippen LogP contribution in [0.2, 0.25) is 0 Å². The molecule has 5 heteroatoms. The summed E-state index contributed by atoms with van der Waals surface area (Å²) in [4.78, 5) is 24.7. The first-order valence-corrected chi connectivity index (χ1v) is 8.25. The highest BCUT2D eigenvalue weighted by Crippen LogP contribution is 2.26. The van der Waals surface area contributed by atoms with E-state index < -0.39 is 12.1 Å². The summed E-state index contributed by atoms with van der Waals surface area (Å²) in [6.07, 6.45) is -0.897. The number of rotatable bonds is 4. The van der Waals surface area contributed by atoms with Gasteiger partial charge >= 0.3 is 5.97 Å². The number of carbonyl (C=O) groups is 2. The van der Waals surface area contributed by atoms with Crippen LogP contribution < -0.4 is 0 Å². The minimum absolute atomic E-state index is 0.131. The van der Waals surface area contributed by atoms with Gasteiger partial charge in [-0.2, -0.15) is 0 Å². The molecule has 4 nitrogen and oxygen atoms in total. The molecule has 0 unspecified atom stereocenters. The number of furan rings is 1. The Morgan fingerprint density at radius 1 is 1.08 bits per heavy atom. The molecule has 24 heavy (non-hydrogen) atoms. The van der Waals surface area contributed by atoms with Gasteiger partial charge in [0, 0.05) is 21.0 Å². The highest BCUT2D eigenvalue weighted by atomic mass is 79.9. The number of Topliss-reactive ketones (excluding diaryl/α,β-unsaturated/α-hetero) is 1. The number of esters is 1. The lowest BCUT2D eigenvalue weighted by Gasteiger charge is -2.11. The Morgan fingerprint density at radius 3 is 2.42 bits per heavy atom. The van der Waals surface area contributed by atoms with Crippen LogP contribution in [0, 0.1) is 6.92 Å². The third kappa shape index (κ3) is 3.12. The van der Waals surface area contributed by atoms with E-state index in [9.17, 15) is 9.59 Å². The molecule has 0 fully saturated rings. The van der Waals surface area contributed by atoms with Crippen molar-refractivity contribution in [2.45, 2.75) is 20.0 Å². The molecule has 1 aromatic heterocycles. The number of hydrogen-bond donors (Lipinski definition) is 0. The first-order valence-electron chi connectivity index (χ1n) is 7.46. The predicted molar refractivity (Wildman–Crippen MR) is 94.3 cm³/mol. The molecule has 0 aliphatic carbocycles. The maximum atomic E-state index is 12.4. The first-order chi connectivity index (χ1) is 11.5. The average Bonchev–Trinajstić information content (AvgIpc) is 2.92. The van der Waals surface area contributed by atoms with Crippen molar-refractivity contribution >= 4 is 38.7 Å². The number of ketones is 1. The first kappa shape index (κ1) is 16.5. The normalized spacial score (nSPS) is 12.1. The summed E-state index contributed by atoms with van der Waals surface area (Å²) in [6, 6.07) is 14.3. The fourth-order valence-corrected chi connectivity index (χ4v) is 2.75. The zero-order valence-electron chi connectivity index (χ0n) is 13.2. The van der Waals surface area contributed by atoms with Gasteiger partial charge in [-0.1, -0.05) is 46.3 Å². The van der Waals surface area contributed by atoms with Crippen LogP contribution in [0.4, 0.5) is 0 Å². The molecular weight excluding hydrogens is 372 g/mol. The zero-order valence-corrected chi connectivity index (χ0v) is 14.8. The molecule has 0 bridgehead atoms. The smallest absolute Gasteiger partial charge is 0.375 e. The van der Waals surface area contributed by atoms with Crippen molar-refractivity contribution in [3.63, 3.8) is 0 Å². The maximum absolute atomic E-state index is 12.4. The molecule has 3 rings (SSSR count). The van der Waals surface area contributed by atoms with Gasteiger partial charge < -0.3 is 9.15 Å². The molecule has 0 amide bonds. The molecule has 1 atom stereocenters. The predicted octanol–water partition coefficient (Wildman–Crippen LogP) is 4.93. The third-order valence-electron chi connectivity index (χ3n) is 3.81. The summed E-state index contributed by atoms with van der Waals surface area (Å²) in [5, 5.41) is 0.858. The lowest BCUT2D eigenvalue weighted by atomic mass is 10.1. The molecule has 0 spiro atoms. The molecule has 1 heterocycles. The van der Waals surface area contributed by atoms with Crippen LogP contribution in [0.25, 0.3) is 11.0 Å². The van der Waals surface area contributed by atoms with Gasteiger partial charge in [-0.15, -0.1) is 0 Å². The van der Waals surface area contributed by atoms with Gasteiger partial charge in [0.15, 0.2) is 6.10 Å². The van der Waals surface area contributed by atoms with Gasteiger partial charge in [-0.05, 0) is 32.0 Å². The minimum Gasteiger partial charge on any atom is -0.449 e. The van der Waals surface area contributed by atoms with E-state index in [1.165, 1.54) is 0 Å². The van der Waals surface area contributed by atoms with Crippen molar-refractivity contribution in [2.75, 3.05) is 0 Å². The maximum Gasteiger partial charge on any atom is 0.375 e. The Balaban J connectivity index is 1.79. The van der Waals surface area contributed by atoms with E-state index in [4.69, 9.17) is 9.15 Å². The Labute approximate surface area is 147 Å². The zero-order chi connectivity index (χ0) is 17.3. The summed E-state index contributed by atoms with van der Waals surface area (Å²) in [5.74, 6) is -0.766. The summed E-state index contributed by atoms with van der Waals surface area (Å²) < 4.78 is 11.7. The van der Waals surface area contributed by atoms with Crippen molar-refractivity contribution in [1.82, 2.24) is 0 Å². The number of ether oxygens (including phenoxy) is 1. The molecule has 3 aromatic rings. The molecule has 0 radical (unpaired) electrons. The van der Waals surface area contributed by atoms with Gasteiger partial charge in [0.1, 0.15) is 5.58 Å². The van der Waals surface area contributed by atoms with Crippen molar-refractivity contribution in [3.05, 3.63) is 69.9 Å². The number of benzene rings is 2. The minimum atomic E-state index is -0.897. The highest BCUT2D eigenvalue weighted by Gasteiger charge is 2.24. The molecule has 0 saturated heterocycles. The van der Waals surface area contributed by atoms with Crippen LogP contribution >= 0.6 is 15.9 Å². The highest BCUT2D eigenvalue weighted by molar-refractivity contribution is 9.10. The Kier molecular flexibility index (Phi) is 4.53. The van der Waals surface area contributed by atoms with Gasteiger partial charge in [0.25, 0.3) is 0 Å². The van der Waals surface area contributed by atoms with Gasteiger partial charge in [0.05, 0.1) is 0 Å². The summed E-state index contributed by atoms with van der Waals surface area (Å²) in [5.41, 5.74) is 1.81. The van der Waals surface area contributed by atoms with Crippen LogP contribution in [0.1, 0.15) is 33.4 Å². The lowest BCUT2D eigenvalue weighted by Crippen LogP contribution is -2.24. The SMILES string of the molecule is Cc1c(C(=O)O[C@H](C)C(=O)c2ccc(Br)cc2)oc2ccccc12. The molecule has 122 valence electrons. The van der Waals surface area contributed by atoms with Crippen LogP contribution in [0.15, 0.2) is 57.4 Å². The molecule has 0 aliphatic rings. The van der Waals surface area contributed by atoms with Crippen molar-refractivity contribution in [2.24, 2.45) is 0 Å². The quantitative estimate of drug-likeness (QED) is 0.471. The number of carbonyl (C=O) groups excluding carboxylic acids is 2. The Hall–Kier alpha value is -2.40. The van der Waals surface area contributed by atoms with Crippen LogP contribution in [0.5, 0.6) is 0 Å². The molecule has 0 aliphatic heterocycles. The molecular formula is C19H15BrO4. The van der Waals surface area contributed by atoms with Crippen molar-refractivity contribution < 1.29 is 18.7 Å². The van der Waals surface area contributed by atoms with E-state index in [0.29, 0.717) is 16.7 Å². The van der Waals surface area contributed by atoms with E-state index in [2.05, 4.69) is 15.9 Å². The second-order valence-corrected chi connectivity index (χ2v) is 6.39. The molecule has 2 aromatic carbocycles. The van der Waals surface area contributed by atoms with E-state index in [1.807, 2.05) is 18.2 Å². The van der Waals surface area contributed by atoms with E-state index >= 15 is 0 Å². The fourth-order valence-electron chi connectivity index (χ4n) is 2.49. The average molecular weight is 387 g/mol. The largest absolute Gasteiger partial charge is 0.449 e.